The molecule has 1 saturated carbocycles. The van der Waals surface area contributed by atoms with Crippen LogP contribution in [-0.4, -0.2) is 57.1 Å². The van der Waals surface area contributed by atoms with Crippen molar-refractivity contribution in [1.82, 2.24) is 0 Å². The van der Waals surface area contributed by atoms with Gasteiger partial charge >= 0.3 is 12.1 Å². The number of hydrogen-bond donors (Lipinski definition) is 1. The molecule has 2 aromatic rings. The number of rotatable bonds is 9. The van der Waals surface area contributed by atoms with E-state index in [4.69, 9.17) is 14.2 Å². The van der Waals surface area contributed by atoms with E-state index < -0.39 is 18.9 Å². The molecule has 0 unspecified atom stereocenters. The van der Waals surface area contributed by atoms with Gasteiger partial charge in [0.2, 0.25) is 12.7 Å². The van der Waals surface area contributed by atoms with Crippen molar-refractivity contribution in [2.24, 2.45) is 11.8 Å². The predicted octanol–water partition coefficient (Wildman–Crippen LogP) is 5.32. The maximum absolute atomic E-state index is 14.2. The minimum absolute atomic E-state index is 0.0158. The Hall–Kier alpha value is -2.91. The molecule has 1 atom stereocenters. The molecule has 1 aromatic heterocycles. The number of likely N-dealkylation sites (tertiary alicyclic amines) is 1. The van der Waals surface area contributed by atoms with Crippen LogP contribution >= 0.6 is 11.3 Å². The monoisotopic (exact) mass is 571 g/mol. The third-order valence-electron chi connectivity index (χ3n) is 8.23. The lowest BCUT2D eigenvalue weighted by Crippen LogP contribution is -3.10. The van der Waals surface area contributed by atoms with Crippen LogP contribution in [0.15, 0.2) is 36.4 Å². The molecule has 1 aliphatic carbocycles. The number of esters is 1. The molecule has 0 radical (unpaired) electrons. The second-order valence-electron chi connectivity index (χ2n) is 11.3. The highest BCUT2D eigenvalue weighted by Gasteiger charge is 2.38. The predicted molar refractivity (Wildman–Crippen MR) is 156 cm³/mol. The molecular weight excluding hydrogens is 528 g/mol. The Morgan fingerprint density at radius 1 is 1.02 bits per heavy atom. The minimum Gasteiger partial charge on any atom is -0.431 e. The summed E-state index contributed by atoms with van der Waals surface area (Å²) in [6, 6.07) is 11.8. The van der Waals surface area contributed by atoms with Crippen LogP contribution in [0, 0.1) is 11.8 Å². The second kappa shape index (κ2) is 14.1. The lowest BCUT2D eigenvalue weighted by atomic mass is 9.82. The zero-order valence-electron chi connectivity index (χ0n) is 24.1. The lowest BCUT2D eigenvalue weighted by Gasteiger charge is -2.38. The first kappa shape index (κ1) is 30.1. The first-order valence-electron chi connectivity index (χ1n) is 14.6. The van der Waals surface area contributed by atoms with Gasteiger partial charge in [-0.1, -0.05) is 44.2 Å². The van der Waals surface area contributed by atoms with Gasteiger partial charge in [-0.2, -0.15) is 0 Å². The van der Waals surface area contributed by atoms with Gasteiger partial charge in [0, 0.05) is 29.7 Å². The molecule has 1 aromatic carbocycles. The van der Waals surface area contributed by atoms with Crippen LogP contribution < -0.4 is 9.80 Å². The molecule has 9 heteroatoms. The normalized spacial score (nSPS) is 23.6. The van der Waals surface area contributed by atoms with Crippen LogP contribution in [0.5, 0.6) is 0 Å². The average molecular weight is 572 g/mol. The Labute approximate surface area is 241 Å². The molecule has 2 fully saturated rings. The first-order chi connectivity index (χ1) is 19.3. The van der Waals surface area contributed by atoms with Gasteiger partial charge in [0.05, 0.1) is 25.8 Å². The number of nitrogens with zero attached hydrogens (tertiary/aromatic N) is 1. The molecule has 4 rings (SSSR count). The highest BCUT2D eigenvalue weighted by molar-refractivity contribution is 7.18. The Kier molecular flexibility index (Phi) is 10.6. The van der Waals surface area contributed by atoms with Gasteiger partial charge < -0.3 is 24.0 Å². The molecule has 1 N–H and O–H groups in total. The Bertz CT molecular complexity index is 1140. The summed E-state index contributed by atoms with van der Waals surface area (Å²) in [4.78, 5) is 44.2. The number of benzene rings is 1. The average Bonchev–Trinajstić information content (AvgIpc) is 3.40. The molecule has 0 spiro atoms. The van der Waals surface area contributed by atoms with Crippen LogP contribution in [0.2, 0.25) is 0 Å². The number of quaternary nitrogens is 1. The van der Waals surface area contributed by atoms with Gasteiger partial charge in [0.15, 0.2) is 0 Å². The largest absolute Gasteiger partial charge is 0.511 e. The van der Waals surface area contributed by atoms with Crippen molar-refractivity contribution in [2.75, 3.05) is 31.8 Å². The molecule has 1 amide bonds. The SMILES string of the molecule is CC[C@H](C)OC(=O)OCOC(=O)c1sc(-c2ccccc2)cc1N(C(=O)C1CCC(C)CC1)C1CC[NH+](C)CC1. The standard InChI is InChI=1S/C31H42N2O6S/c1-5-22(3)39-31(36)38-20-37-30(35)28-26(19-27(40-28)23-9-7-6-8-10-23)33(25-15-17-32(4)18-16-25)29(34)24-13-11-21(2)12-14-24/h6-10,19,21-22,24-25H,5,11-18,20H2,1-4H3/p+1/t21?,22-,24?/m0/s1. The first-order valence-corrected chi connectivity index (χ1v) is 15.4. The Morgan fingerprint density at radius 2 is 1.70 bits per heavy atom. The number of thiophene rings is 1. The van der Waals surface area contributed by atoms with E-state index in [1.807, 2.05) is 48.2 Å². The van der Waals surface area contributed by atoms with Crippen LogP contribution in [0.25, 0.3) is 10.4 Å². The highest BCUT2D eigenvalue weighted by atomic mass is 32.1. The summed E-state index contributed by atoms with van der Waals surface area (Å²) in [6.07, 6.45) is 5.05. The second-order valence-corrected chi connectivity index (χ2v) is 12.4. The number of amides is 1. The van der Waals surface area contributed by atoms with E-state index in [1.165, 1.54) is 16.2 Å². The van der Waals surface area contributed by atoms with Crippen molar-refractivity contribution in [3.8, 4) is 10.4 Å². The summed E-state index contributed by atoms with van der Waals surface area (Å²) in [6.45, 7) is 7.29. The molecule has 0 bridgehead atoms. The number of piperidine rings is 1. The number of nitrogens with one attached hydrogen (secondary N) is 1. The smallest absolute Gasteiger partial charge is 0.431 e. The fourth-order valence-corrected chi connectivity index (χ4v) is 6.53. The zero-order valence-corrected chi connectivity index (χ0v) is 25.0. The van der Waals surface area contributed by atoms with Gasteiger partial charge in [-0.3, -0.25) is 4.79 Å². The van der Waals surface area contributed by atoms with E-state index >= 15 is 0 Å². The van der Waals surface area contributed by atoms with Crippen LogP contribution in [0.3, 0.4) is 0 Å². The molecular formula is C31H43N2O6S+. The van der Waals surface area contributed by atoms with Gasteiger partial charge in [0.25, 0.3) is 0 Å². The topological polar surface area (TPSA) is 86.6 Å². The molecule has 2 aliphatic rings. The maximum atomic E-state index is 14.2. The van der Waals surface area contributed by atoms with E-state index in [9.17, 15) is 14.4 Å². The molecule has 1 aliphatic heterocycles. The van der Waals surface area contributed by atoms with Crippen molar-refractivity contribution < 1.29 is 33.5 Å². The van der Waals surface area contributed by atoms with Crippen molar-refractivity contribution in [2.45, 2.75) is 77.9 Å². The van der Waals surface area contributed by atoms with E-state index in [2.05, 4.69) is 14.0 Å². The van der Waals surface area contributed by atoms with Crippen LogP contribution in [-0.2, 0) is 19.0 Å². The molecule has 2 heterocycles. The van der Waals surface area contributed by atoms with Crippen molar-refractivity contribution in [1.29, 1.82) is 0 Å². The van der Waals surface area contributed by atoms with E-state index in [0.717, 1.165) is 62.1 Å². The quantitative estimate of drug-likeness (QED) is 0.324. The Balaban J connectivity index is 1.64. The fourth-order valence-electron chi connectivity index (χ4n) is 5.48. The van der Waals surface area contributed by atoms with Gasteiger partial charge in [0.1, 0.15) is 11.0 Å². The minimum atomic E-state index is -0.879. The summed E-state index contributed by atoms with van der Waals surface area (Å²) < 4.78 is 15.5. The summed E-state index contributed by atoms with van der Waals surface area (Å²) in [5.41, 5.74) is 1.57. The van der Waals surface area contributed by atoms with Crippen molar-refractivity contribution in [3.05, 3.63) is 41.3 Å². The summed E-state index contributed by atoms with van der Waals surface area (Å²) in [5, 5.41) is 0. The van der Waals surface area contributed by atoms with Crippen LogP contribution in [0.4, 0.5) is 10.5 Å². The van der Waals surface area contributed by atoms with Crippen molar-refractivity contribution in [3.63, 3.8) is 0 Å². The molecule has 1 saturated heterocycles. The molecule has 218 valence electrons. The maximum Gasteiger partial charge on any atom is 0.511 e. The molecule has 8 nitrogen and oxygen atoms in total. The van der Waals surface area contributed by atoms with E-state index in [1.54, 1.807) is 6.92 Å². The lowest BCUT2D eigenvalue weighted by molar-refractivity contribution is -0.884. The highest BCUT2D eigenvalue weighted by Crippen LogP contribution is 2.41. The number of carbonyl (C=O) groups is 3. The third kappa shape index (κ3) is 7.63. The summed E-state index contributed by atoms with van der Waals surface area (Å²) in [5.74, 6) is 0.0713. The van der Waals surface area contributed by atoms with Gasteiger partial charge in [-0.05, 0) is 56.6 Å². The van der Waals surface area contributed by atoms with Crippen molar-refractivity contribution >= 4 is 35.1 Å². The Morgan fingerprint density at radius 3 is 2.35 bits per heavy atom. The number of anilines is 1. The number of hydrogen-bond acceptors (Lipinski definition) is 7. The van der Waals surface area contributed by atoms with E-state index in [-0.39, 0.29) is 24.0 Å². The van der Waals surface area contributed by atoms with E-state index in [0.29, 0.717) is 22.9 Å². The summed E-state index contributed by atoms with van der Waals surface area (Å²) in [7, 11) is 2.18. The van der Waals surface area contributed by atoms with Gasteiger partial charge in [-0.25, -0.2) is 9.59 Å². The zero-order chi connectivity index (χ0) is 28.6. The molecule has 40 heavy (non-hydrogen) atoms. The number of carbonyl (C=O) groups excluding carboxylic acids is 3. The number of ether oxygens (including phenoxy) is 3. The van der Waals surface area contributed by atoms with Crippen LogP contribution in [0.1, 0.15) is 75.4 Å². The van der Waals surface area contributed by atoms with Gasteiger partial charge in [-0.15, -0.1) is 11.3 Å². The third-order valence-corrected chi connectivity index (χ3v) is 9.38. The fraction of sp³-hybridized carbons (Fsp3) is 0.581. The summed E-state index contributed by atoms with van der Waals surface area (Å²) >= 11 is 1.31.